The molecule has 1 aliphatic rings. The minimum absolute atomic E-state index is 0.228. The van der Waals surface area contributed by atoms with E-state index in [0.717, 1.165) is 86.8 Å². The predicted octanol–water partition coefficient (Wildman–Crippen LogP) is 8.14. The second kappa shape index (κ2) is 30.8. The van der Waals surface area contributed by atoms with E-state index >= 15 is 0 Å². The van der Waals surface area contributed by atoms with Crippen LogP contribution in [0, 0.1) is 5.82 Å². The summed E-state index contributed by atoms with van der Waals surface area (Å²) in [7, 11) is 0. The second-order valence-electron chi connectivity index (χ2n) is 16.5. The summed E-state index contributed by atoms with van der Waals surface area (Å²) in [5, 5.41) is 65.2. The fourth-order valence-corrected chi connectivity index (χ4v) is 8.40. The van der Waals surface area contributed by atoms with Crippen LogP contribution in [0.5, 0.6) is 0 Å². The first-order chi connectivity index (χ1) is 28.6. The van der Waals surface area contributed by atoms with Crippen molar-refractivity contribution in [2.75, 3.05) is 13.2 Å². The zero-order valence-electron chi connectivity index (χ0n) is 35.6. The van der Waals surface area contributed by atoms with Crippen molar-refractivity contribution in [1.29, 1.82) is 0 Å². The van der Waals surface area contributed by atoms with Gasteiger partial charge >= 0.3 is 0 Å². The zero-order valence-corrected chi connectivity index (χ0v) is 36.4. The van der Waals surface area contributed by atoms with Crippen LogP contribution in [0.2, 0.25) is 0 Å². The largest absolute Gasteiger partial charge is 0.394 e. The first-order valence-corrected chi connectivity index (χ1v) is 23.5. The van der Waals surface area contributed by atoms with Gasteiger partial charge in [-0.15, -0.1) is 0 Å². The van der Waals surface area contributed by atoms with Crippen molar-refractivity contribution < 1.29 is 49.3 Å². The Morgan fingerprint density at radius 3 is 1.78 bits per heavy atom. The van der Waals surface area contributed by atoms with Gasteiger partial charge in [-0.1, -0.05) is 146 Å². The van der Waals surface area contributed by atoms with E-state index in [1.807, 2.05) is 0 Å². The van der Waals surface area contributed by atoms with E-state index in [2.05, 4.69) is 36.5 Å². The third-order valence-corrected chi connectivity index (χ3v) is 12.4. The fraction of sp³-hybridized carbons (Fsp3) is 0.723. The topological polar surface area (TPSA) is 169 Å². The van der Waals surface area contributed by atoms with Crippen LogP contribution >= 0.6 is 11.8 Å². The molecule has 0 unspecified atom stereocenters. The van der Waals surface area contributed by atoms with Gasteiger partial charge in [-0.25, -0.2) is 4.39 Å². The minimum atomic E-state index is -1.62. The number of carbonyl (C=O) groups excluding carboxylic acids is 1. The average Bonchev–Trinajstić information content (AvgIpc) is 3.24. The lowest BCUT2D eigenvalue weighted by atomic mass is 9.98. The van der Waals surface area contributed by atoms with Crippen molar-refractivity contribution in [1.82, 2.24) is 5.32 Å². The molecule has 59 heavy (non-hydrogen) atoms. The molecule has 1 saturated heterocycles. The van der Waals surface area contributed by atoms with Gasteiger partial charge in [0.15, 0.2) is 6.29 Å². The molecule has 0 spiro atoms. The lowest BCUT2D eigenvalue weighted by Gasteiger charge is -2.40. The van der Waals surface area contributed by atoms with Gasteiger partial charge in [-0.3, -0.25) is 4.79 Å². The number of benzene rings is 2. The van der Waals surface area contributed by atoms with Gasteiger partial charge < -0.3 is 45.4 Å². The number of rotatable bonds is 33. The number of halogens is 1. The van der Waals surface area contributed by atoms with E-state index in [1.165, 1.54) is 69.1 Å². The molecule has 8 atom stereocenters. The summed E-state index contributed by atoms with van der Waals surface area (Å²) in [4.78, 5) is 15.2. The van der Waals surface area contributed by atoms with E-state index in [4.69, 9.17) is 9.47 Å². The van der Waals surface area contributed by atoms with Crippen LogP contribution in [-0.2, 0) is 20.7 Å². The van der Waals surface area contributed by atoms with Crippen molar-refractivity contribution in [2.24, 2.45) is 0 Å². The van der Waals surface area contributed by atoms with Gasteiger partial charge in [-0.05, 0) is 67.6 Å². The summed E-state index contributed by atoms with van der Waals surface area (Å²) in [6.07, 6.45) is 14.3. The number of ether oxygens (including phenoxy) is 2. The molecule has 1 heterocycles. The summed E-state index contributed by atoms with van der Waals surface area (Å²) in [5.41, 5.74) is 1.32. The lowest BCUT2D eigenvalue weighted by molar-refractivity contribution is -0.303. The molecular weight excluding hydrogens is 774 g/mol. The fourth-order valence-electron chi connectivity index (χ4n) is 7.58. The minimum Gasteiger partial charge on any atom is -0.394 e. The maximum absolute atomic E-state index is 13.2. The normalized spacial score (nSPS) is 21.0. The summed E-state index contributed by atoms with van der Waals surface area (Å²) < 4.78 is 24.3. The molecule has 3 rings (SSSR count). The Bertz CT molecular complexity index is 1350. The predicted molar refractivity (Wildman–Crippen MR) is 232 cm³/mol. The Kier molecular flexibility index (Phi) is 26.8. The summed E-state index contributed by atoms with van der Waals surface area (Å²) >= 11 is 1.62. The van der Waals surface area contributed by atoms with Gasteiger partial charge in [0.1, 0.15) is 36.3 Å². The quantitative estimate of drug-likeness (QED) is 0.0348. The number of aliphatic hydroxyl groups excluding tert-OH is 6. The van der Waals surface area contributed by atoms with Crippen molar-refractivity contribution in [3.63, 3.8) is 0 Å². The number of aliphatic hydroxyl groups is 6. The standard InChI is InChI=1S/C47H76FNO9S/c1-2-3-4-5-6-7-8-9-10-14-17-20-23-40(51)43(53)39(34-57-47-46(56)45(55)44(54)41(33-50)58-47)49-42(52)24-21-18-15-12-11-13-16-19-22-35-25-29-37(30-26-35)59-38-31-27-36(48)28-32-38/h25-32,39-41,43-47,50-51,53-56H,2-24,33-34H2,1H3,(H,49,52)/t39-,40+,41+,43-,44-,45-,46+,47-/m0/s1. The molecule has 10 nitrogen and oxygen atoms in total. The lowest BCUT2D eigenvalue weighted by Crippen LogP contribution is -2.60. The van der Waals surface area contributed by atoms with Gasteiger partial charge in [0, 0.05) is 16.2 Å². The molecule has 12 heteroatoms. The first-order valence-electron chi connectivity index (χ1n) is 22.7. The molecule has 1 amide bonds. The second-order valence-corrected chi connectivity index (χ2v) is 17.6. The zero-order chi connectivity index (χ0) is 42.7. The molecule has 0 aliphatic carbocycles. The van der Waals surface area contributed by atoms with E-state index in [-0.39, 0.29) is 24.8 Å². The third kappa shape index (κ3) is 21.0. The highest BCUT2D eigenvalue weighted by atomic mass is 32.2. The van der Waals surface area contributed by atoms with Gasteiger partial charge in [0.25, 0.3) is 0 Å². The van der Waals surface area contributed by atoms with Crippen LogP contribution in [0.4, 0.5) is 4.39 Å². The number of amides is 1. The highest BCUT2D eigenvalue weighted by molar-refractivity contribution is 7.99. The summed E-state index contributed by atoms with van der Waals surface area (Å²) in [5.74, 6) is -0.514. The molecule has 0 bridgehead atoms. The highest BCUT2D eigenvalue weighted by Gasteiger charge is 2.44. The summed E-state index contributed by atoms with van der Waals surface area (Å²) in [6, 6.07) is 14.1. The van der Waals surface area contributed by atoms with E-state index in [1.54, 1.807) is 23.9 Å². The molecule has 0 saturated carbocycles. The Morgan fingerprint density at radius 2 is 1.22 bits per heavy atom. The van der Waals surface area contributed by atoms with Crippen LogP contribution in [0.1, 0.15) is 154 Å². The number of unbranched alkanes of at least 4 members (excludes halogenated alkanes) is 18. The average molecular weight is 850 g/mol. The molecule has 0 aromatic heterocycles. The molecular formula is C47H76FNO9S. The number of nitrogens with one attached hydrogen (secondary N) is 1. The maximum Gasteiger partial charge on any atom is 0.220 e. The number of carbonyl (C=O) groups is 1. The van der Waals surface area contributed by atoms with Crippen LogP contribution < -0.4 is 5.32 Å². The van der Waals surface area contributed by atoms with Crippen LogP contribution in [0.3, 0.4) is 0 Å². The van der Waals surface area contributed by atoms with Crippen molar-refractivity contribution >= 4 is 17.7 Å². The van der Waals surface area contributed by atoms with Gasteiger partial charge in [0.2, 0.25) is 5.91 Å². The van der Waals surface area contributed by atoms with Crippen LogP contribution in [0.25, 0.3) is 0 Å². The van der Waals surface area contributed by atoms with Crippen molar-refractivity contribution in [2.45, 2.75) is 213 Å². The molecule has 1 aliphatic heterocycles. The Morgan fingerprint density at radius 1 is 0.712 bits per heavy atom. The van der Waals surface area contributed by atoms with Crippen molar-refractivity contribution in [3.8, 4) is 0 Å². The first kappa shape index (κ1) is 51.2. The molecule has 0 radical (unpaired) electrons. The van der Waals surface area contributed by atoms with Crippen LogP contribution in [0.15, 0.2) is 58.3 Å². The maximum atomic E-state index is 13.2. The molecule has 2 aromatic carbocycles. The van der Waals surface area contributed by atoms with Crippen LogP contribution in [-0.4, -0.2) is 98.7 Å². The Labute approximate surface area is 357 Å². The smallest absolute Gasteiger partial charge is 0.220 e. The van der Waals surface area contributed by atoms with Crippen molar-refractivity contribution in [3.05, 3.63) is 59.9 Å². The number of hydrogen-bond donors (Lipinski definition) is 7. The monoisotopic (exact) mass is 850 g/mol. The third-order valence-electron chi connectivity index (χ3n) is 11.4. The highest BCUT2D eigenvalue weighted by Crippen LogP contribution is 2.28. The molecule has 1 fully saturated rings. The molecule has 336 valence electrons. The number of aryl methyl sites for hydroxylation is 1. The van der Waals surface area contributed by atoms with Gasteiger partial charge in [0.05, 0.1) is 25.4 Å². The van der Waals surface area contributed by atoms with Gasteiger partial charge in [-0.2, -0.15) is 0 Å². The van der Waals surface area contributed by atoms with E-state index in [9.17, 15) is 39.8 Å². The van der Waals surface area contributed by atoms with E-state index < -0.39 is 55.6 Å². The van der Waals surface area contributed by atoms with E-state index in [0.29, 0.717) is 12.8 Å². The Hall–Kier alpha value is -2.13. The Balaban J connectivity index is 1.32. The SMILES string of the molecule is CCCCCCCCCCCCCC[C@@H](O)[C@@H](O)[C@H](CO[C@H]1O[C@H](CO)[C@H](O)[C@H](O)[C@H]1O)NC(=O)CCCCCCCCCCc1ccc(Sc2ccc(F)cc2)cc1. The molecule has 2 aromatic rings. The number of hydrogen-bond acceptors (Lipinski definition) is 10. The summed E-state index contributed by atoms with van der Waals surface area (Å²) in [6.45, 7) is 1.30. The molecule has 7 N–H and O–H groups in total.